The Balaban J connectivity index is 1.87. The highest BCUT2D eigenvalue weighted by molar-refractivity contribution is 9.10. The number of amides is 2. The number of imide groups is 1. The van der Waals surface area contributed by atoms with Gasteiger partial charge in [-0.2, -0.15) is 0 Å². The molecule has 2 amide bonds. The van der Waals surface area contributed by atoms with Crippen LogP contribution in [0.15, 0.2) is 40.9 Å². The monoisotopic (exact) mass is 547 g/mol. The first kappa shape index (κ1) is 23.7. The second kappa shape index (κ2) is 9.28. The number of rotatable bonds is 7. The zero-order valence-corrected chi connectivity index (χ0v) is 20.0. The van der Waals surface area contributed by atoms with Crippen molar-refractivity contribution in [3.05, 3.63) is 67.6 Å². The smallest absolute Gasteiger partial charge is 0.329 e. The summed E-state index contributed by atoms with van der Waals surface area (Å²) in [6, 6.07) is 8.07. The molecule has 1 heterocycles. The number of halogens is 3. The van der Waals surface area contributed by atoms with Gasteiger partial charge in [-0.1, -0.05) is 51.3 Å². The lowest BCUT2D eigenvalue weighted by Crippen LogP contribution is -2.46. The summed E-state index contributed by atoms with van der Waals surface area (Å²) in [6.07, 6.45) is 0.698. The molecule has 0 spiro atoms. The van der Waals surface area contributed by atoms with Gasteiger partial charge < -0.3 is 4.74 Å². The molecule has 11 heteroatoms. The van der Waals surface area contributed by atoms with Crippen molar-refractivity contribution >= 4 is 66.8 Å². The standard InChI is InChI=1S/C20H16BrCl2NO6S/c1-31(28,29)7-6-17(20(27)30-10-11-2-4-12(21)5-3-11)24-18(25)13-8-15(22)16(23)9-14(13)19(24)26/h2-5,8-9,17H,6-7,10H2,1H3. The molecule has 7 nitrogen and oxygen atoms in total. The summed E-state index contributed by atoms with van der Waals surface area (Å²) < 4.78 is 29.5. The highest BCUT2D eigenvalue weighted by atomic mass is 79.9. The van der Waals surface area contributed by atoms with Crippen LogP contribution in [0.25, 0.3) is 0 Å². The van der Waals surface area contributed by atoms with E-state index in [1.165, 1.54) is 12.1 Å². The van der Waals surface area contributed by atoms with Crippen LogP contribution < -0.4 is 0 Å². The van der Waals surface area contributed by atoms with E-state index in [9.17, 15) is 22.8 Å². The third-order valence-corrected chi connectivity index (χ3v) is 6.83. The summed E-state index contributed by atoms with van der Waals surface area (Å²) in [6.45, 7) is -0.109. The number of benzene rings is 2. The molecule has 1 atom stereocenters. The number of fused-ring (bicyclic) bond motifs is 1. The van der Waals surface area contributed by atoms with Crippen molar-refractivity contribution in [2.24, 2.45) is 0 Å². The Morgan fingerprint density at radius 2 is 1.58 bits per heavy atom. The number of ether oxygens (including phenoxy) is 1. The average molecular weight is 549 g/mol. The van der Waals surface area contributed by atoms with E-state index in [-0.39, 0.29) is 34.2 Å². The second-order valence-electron chi connectivity index (χ2n) is 6.96. The van der Waals surface area contributed by atoms with Crippen LogP contribution in [-0.4, -0.2) is 49.2 Å². The van der Waals surface area contributed by atoms with E-state index in [2.05, 4.69) is 15.9 Å². The molecule has 2 aromatic carbocycles. The van der Waals surface area contributed by atoms with Crippen molar-refractivity contribution in [3.8, 4) is 0 Å². The molecule has 1 aliphatic rings. The Morgan fingerprint density at radius 3 is 2.06 bits per heavy atom. The number of hydrogen-bond donors (Lipinski definition) is 0. The van der Waals surface area contributed by atoms with Gasteiger partial charge >= 0.3 is 5.97 Å². The lowest BCUT2D eigenvalue weighted by atomic mass is 10.1. The highest BCUT2D eigenvalue weighted by Crippen LogP contribution is 2.33. The van der Waals surface area contributed by atoms with E-state index in [0.717, 1.165) is 10.7 Å². The van der Waals surface area contributed by atoms with Crippen molar-refractivity contribution in [1.82, 2.24) is 4.90 Å². The third kappa shape index (κ3) is 5.46. The summed E-state index contributed by atoms with van der Waals surface area (Å²) in [5.41, 5.74) is 0.660. The van der Waals surface area contributed by atoms with Gasteiger partial charge in [-0.25, -0.2) is 13.2 Å². The minimum Gasteiger partial charge on any atom is -0.459 e. The van der Waals surface area contributed by atoms with Crippen LogP contribution in [0.5, 0.6) is 0 Å². The molecule has 0 aromatic heterocycles. The largest absolute Gasteiger partial charge is 0.459 e. The summed E-state index contributed by atoms with van der Waals surface area (Å²) >= 11 is 15.2. The van der Waals surface area contributed by atoms with Crippen LogP contribution >= 0.6 is 39.1 Å². The van der Waals surface area contributed by atoms with Gasteiger partial charge in [-0.15, -0.1) is 0 Å². The number of carbonyl (C=O) groups excluding carboxylic acids is 3. The zero-order chi connectivity index (χ0) is 22.9. The van der Waals surface area contributed by atoms with E-state index in [1.54, 1.807) is 24.3 Å². The predicted octanol–water partition coefficient (Wildman–Crippen LogP) is 3.90. The Kier molecular flexibility index (Phi) is 7.10. The molecule has 2 aromatic rings. The number of esters is 1. The SMILES string of the molecule is CS(=O)(=O)CCC(C(=O)OCc1ccc(Br)cc1)N1C(=O)c2cc(Cl)c(Cl)cc2C1=O. The predicted molar refractivity (Wildman–Crippen MR) is 119 cm³/mol. The van der Waals surface area contributed by atoms with E-state index in [4.69, 9.17) is 27.9 Å². The summed E-state index contributed by atoms with van der Waals surface area (Å²) in [4.78, 5) is 39.3. The molecule has 0 saturated heterocycles. The van der Waals surface area contributed by atoms with Crippen molar-refractivity contribution in [3.63, 3.8) is 0 Å². The molecule has 31 heavy (non-hydrogen) atoms. The van der Waals surface area contributed by atoms with E-state index in [0.29, 0.717) is 10.5 Å². The normalized spacial score (nSPS) is 14.5. The highest BCUT2D eigenvalue weighted by Gasteiger charge is 2.44. The van der Waals surface area contributed by atoms with Gasteiger partial charge in [0.1, 0.15) is 22.5 Å². The van der Waals surface area contributed by atoms with Crippen molar-refractivity contribution in [2.45, 2.75) is 19.1 Å². The van der Waals surface area contributed by atoms with E-state index < -0.39 is 39.4 Å². The lowest BCUT2D eigenvalue weighted by Gasteiger charge is -2.24. The van der Waals surface area contributed by atoms with Gasteiger partial charge in [-0.05, 0) is 36.2 Å². The first-order chi connectivity index (χ1) is 14.5. The maximum atomic E-state index is 12.9. The summed E-state index contributed by atoms with van der Waals surface area (Å²) in [7, 11) is -3.47. The topological polar surface area (TPSA) is 97.8 Å². The van der Waals surface area contributed by atoms with Crippen molar-refractivity contribution in [2.75, 3.05) is 12.0 Å². The van der Waals surface area contributed by atoms with Gasteiger partial charge in [0.15, 0.2) is 0 Å². The van der Waals surface area contributed by atoms with Gasteiger partial charge in [-0.3, -0.25) is 14.5 Å². The Bertz CT molecular complexity index is 1130. The maximum Gasteiger partial charge on any atom is 0.329 e. The fraction of sp³-hybridized carbons (Fsp3) is 0.250. The van der Waals surface area contributed by atoms with Crippen LogP contribution in [0.2, 0.25) is 10.0 Å². The number of nitrogens with zero attached hydrogens (tertiary/aromatic N) is 1. The molecular formula is C20H16BrCl2NO6S. The third-order valence-electron chi connectivity index (χ3n) is 4.60. The molecule has 0 fully saturated rings. The van der Waals surface area contributed by atoms with Gasteiger partial charge in [0, 0.05) is 10.7 Å². The molecule has 0 bridgehead atoms. The van der Waals surface area contributed by atoms with E-state index >= 15 is 0 Å². The molecule has 1 aliphatic heterocycles. The number of hydrogen-bond acceptors (Lipinski definition) is 6. The number of carbonyl (C=O) groups is 3. The Labute approximate surface area is 197 Å². The molecule has 0 N–H and O–H groups in total. The van der Waals surface area contributed by atoms with Gasteiger partial charge in [0.2, 0.25) is 0 Å². The average Bonchev–Trinajstić information content (AvgIpc) is 2.92. The zero-order valence-electron chi connectivity index (χ0n) is 16.1. The van der Waals surface area contributed by atoms with Gasteiger partial charge in [0.05, 0.1) is 26.9 Å². The molecule has 0 aliphatic carbocycles. The molecule has 3 rings (SSSR count). The van der Waals surface area contributed by atoms with Gasteiger partial charge in [0.25, 0.3) is 11.8 Å². The van der Waals surface area contributed by atoms with Crippen molar-refractivity contribution in [1.29, 1.82) is 0 Å². The second-order valence-corrected chi connectivity index (χ2v) is 11.0. The molecule has 164 valence electrons. The Morgan fingerprint density at radius 1 is 1.06 bits per heavy atom. The van der Waals surface area contributed by atoms with Crippen LogP contribution in [0.1, 0.15) is 32.7 Å². The quantitative estimate of drug-likeness (QED) is 0.384. The minimum absolute atomic E-state index is 0.00975. The summed E-state index contributed by atoms with van der Waals surface area (Å²) in [5, 5.41) is 0.155. The molecule has 0 saturated carbocycles. The maximum absolute atomic E-state index is 12.9. The molecule has 0 radical (unpaired) electrons. The minimum atomic E-state index is -3.47. The fourth-order valence-corrected chi connectivity index (χ4v) is 4.29. The van der Waals surface area contributed by atoms with Crippen LogP contribution in [0.4, 0.5) is 0 Å². The van der Waals surface area contributed by atoms with Crippen LogP contribution in [0.3, 0.4) is 0 Å². The number of sulfone groups is 1. The summed E-state index contributed by atoms with van der Waals surface area (Å²) in [5.74, 6) is -2.84. The van der Waals surface area contributed by atoms with Crippen LogP contribution in [0, 0.1) is 0 Å². The van der Waals surface area contributed by atoms with E-state index in [1.807, 2.05) is 0 Å². The first-order valence-electron chi connectivity index (χ1n) is 8.93. The first-order valence-corrected chi connectivity index (χ1v) is 12.5. The Hall–Kier alpha value is -1.94. The lowest BCUT2D eigenvalue weighted by molar-refractivity contribution is -0.149. The molecule has 1 unspecified atom stereocenters. The fourth-order valence-electron chi connectivity index (χ4n) is 3.04. The van der Waals surface area contributed by atoms with Crippen molar-refractivity contribution < 1.29 is 27.5 Å². The molecular weight excluding hydrogens is 533 g/mol. The van der Waals surface area contributed by atoms with Crippen LogP contribution in [-0.2, 0) is 26.0 Å².